The van der Waals surface area contributed by atoms with Gasteiger partial charge in [0.25, 0.3) is 0 Å². The average Bonchev–Trinajstić information content (AvgIpc) is 3.28. The molecule has 10 nitrogen and oxygen atoms in total. The number of fused-ring (bicyclic) bond motifs is 2. The van der Waals surface area contributed by atoms with E-state index in [1.165, 1.54) is 57.8 Å². The monoisotopic (exact) mass is 853 g/mol. The molecule has 1 aliphatic heterocycles. The second-order valence-corrected chi connectivity index (χ2v) is 16.8. The maximum Gasteiger partial charge on any atom is 0.326 e. The van der Waals surface area contributed by atoms with Crippen molar-refractivity contribution < 1.29 is 19.1 Å². The van der Waals surface area contributed by atoms with Gasteiger partial charge in [0.2, 0.25) is 11.8 Å². The minimum atomic E-state index is -0.552. The van der Waals surface area contributed by atoms with Crippen LogP contribution in [0.1, 0.15) is 156 Å². The van der Waals surface area contributed by atoms with Gasteiger partial charge < -0.3 is 30.5 Å². The summed E-state index contributed by atoms with van der Waals surface area (Å²) in [6, 6.07) is 21.5. The Morgan fingerprint density at radius 1 is 0.565 bits per heavy atom. The molecule has 3 aromatic carbocycles. The lowest BCUT2D eigenvalue weighted by molar-refractivity contribution is -0.129. The maximum atomic E-state index is 13.8. The molecule has 0 aromatic heterocycles. The third-order valence-corrected chi connectivity index (χ3v) is 12.2. The van der Waals surface area contributed by atoms with Gasteiger partial charge in [0.05, 0.1) is 11.4 Å². The van der Waals surface area contributed by atoms with Gasteiger partial charge in [-0.05, 0) is 76.8 Å². The van der Waals surface area contributed by atoms with Crippen LogP contribution in [0.3, 0.4) is 0 Å². The van der Waals surface area contributed by atoms with E-state index in [1.54, 1.807) is 4.90 Å². The van der Waals surface area contributed by atoms with Gasteiger partial charge in [0, 0.05) is 75.6 Å². The molecule has 3 N–H and O–H groups in total. The molecule has 0 aliphatic carbocycles. The molecule has 1 heterocycles. The van der Waals surface area contributed by atoms with Crippen molar-refractivity contribution in [2.45, 2.75) is 163 Å². The van der Waals surface area contributed by atoms with Gasteiger partial charge in [0.1, 0.15) is 6.04 Å². The number of anilines is 4. The molecule has 0 saturated carbocycles. The molecular formula is C52H80N6O4. The fraction of sp³-hybridized carbons (Fsp3) is 0.596. The second-order valence-electron chi connectivity index (χ2n) is 16.8. The molecule has 62 heavy (non-hydrogen) atoms. The lowest BCUT2D eigenvalue weighted by Gasteiger charge is -2.33. The zero-order valence-corrected chi connectivity index (χ0v) is 39.1. The van der Waals surface area contributed by atoms with Crippen molar-refractivity contribution in [3.8, 4) is 11.5 Å². The molecule has 0 spiro atoms. The van der Waals surface area contributed by atoms with E-state index in [0.717, 1.165) is 106 Å². The highest BCUT2D eigenvalue weighted by molar-refractivity contribution is 6.04. The molecule has 1 atom stereocenters. The van der Waals surface area contributed by atoms with Crippen molar-refractivity contribution in [2.24, 2.45) is 0 Å². The van der Waals surface area contributed by atoms with Crippen molar-refractivity contribution in [3.63, 3.8) is 0 Å². The Bertz CT molecular complexity index is 1680. The summed E-state index contributed by atoms with van der Waals surface area (Å²) in [5, 5.41) is 9.34. The van der Waals surface area contributed by atoms with Crippen LogP contribution < -0.4 is 35.4 Å². The fourth-order valence-corrected chi connectivity index (χ4v) is 8.42. The number of nitrogens with zero attached hydrogens (tertiary/aromatic N) is 3. The number of unbranched alkanes of at least 4 members (excludes halogenated alkanes) is 15. The van der Waals surface area contributed by atoms with E-state index in [-0.39, 0.29) is 17.8 Å². The summed E-state index contributed by atoms with van der Waals surface area (Å²) >= 11 is 0. The standard InChI is InChI=1S/C52H80N6O4/c1-6-11-12-13-18-21-27-32-50(59)55-45(39-42-30-25-24-26-31-42)51(60)53-37-28-22-19-16-14-15-17-20-23-29-38-54-52(61)58-46-35-33-43(56(7-2)8-3)40-48(46)62-49-41-44(34-36-47(49)58)57(9-4)10-5/h24-26,30-31,33-36,40-41,45H,6-23,27-29,32,37-39H2,1-5H3,(H,53,60)(H,54,61)(H,55,59)/t45-/m0/s1. The third kappa shape index (κ3) is 16.5. The number of carbonyl (C=O) groups is 3. The summed E-state index contributed by atoms with van der Waals surface area (Å²) in [5.74, 6) is 1.27. The van der Waals surface area contributed by atoms with E-state index in [1.807, 2.05) is 42.5 Å². The molecule has 3 aromatic rings. The summed E-state index contributed by atoms with van der Waals surface area (Å²) in [6.45, 7) is 15.7. The Kier molecular flexibility index (Phi) is 23.2. The van der Waals surface area contributed by atoms with Crippen LogP contribution >= 0.6 is 0 Å². The number of benzene rings is 3. The van der Waals surface area contributed by atoms with E-state index in [9.17, 15) is 14.4 Å². The Morgan fingerprint density at radius 2 is 1.03 bits per heavy atom. The SMILES string of the molecule is CCCCCCCCCC(=O)N[C@@H](Cc1ccccc1)C(=O)NCCCCCCCCCCCCNC(=O)N1c2ccc(N(CC)CC)cc2Oc2cc(N(CC)CC)ccc21. The van der Waals surface area contributed by atoms with Gasteiger partial charge in [-0.1, -0.05) is 127 Å². The Balaban J connectivity index is 1.10. The molecule has 0 unspecified atom stereocenters. The summed E-state index contributed by atoms with van der Waals surface area (Å²) in [7, 11) is 0. The normalized spacial score (nSPS) is 12.2. The van der Waals surface area contributed by atoms with E-state index in [2.05, 4.69) is 84.6 Å². The average molecular weight is 853 g/mol. The topological polar surface area (TPSA) is 106 Å². The lowest BCUT2D eigenvalue weighted by atomic mass is 10.0. The van der Waals surface area contributed by atoms with E-state index in [4.69, 9.17) is 4.74 Å². The van der Waals surface area contributed by atoms with Crippen molar-refractivity contribution in [1.29, 1.82) is 0 Å². The first kappa shape index (κ1) is 49.9. The van der Waals surface area contributed by atoms with E-state index < -0.39 is 6.04 Å². The van der Waals surface area contributed by atoms with Crippen LogP contribution in [-0.2, 0) is 16.0 Å². The van der Waals surface area contributed by atoms with Gasteiger partial charge in [-0.15, -0.1) is 0 Å². The quantitative estimate of drug-likeness (QED) is 0.0557. The van der Waals surface area contributed by atoms with Crippen LogP contribution in [0, 0.1) is 0 Å². The number of hydrogen-bond acceptors (Lipinski definition) is 6. The molecule has 0 bridgehead atoms. The molecular weight excluding hydrogens is 773 g/mol. The van der Waals surface area contributed by atoms with Crippen LogP contribution in [0.5, 0.6) is 11.5 Å². The van der Waals surface area contributed by atoms with Crippen LogP contribution in [0.4, 0.5) is 27.5 Å². The molecule has 10 heteroatoms. The summed E-state index contributed by atoms with van der Waals surface area (Å²) < 4.78 is 6.50. The Morgan fingerprint density at radius 3 is 1.53 bits per heavy atom. The zero-order chi connectivity index (χ0) is 44.4. The highest BCUT2D eigenvalue weighted by Gasteiger charge is 2.30. The van der Waals surface area contributed by atoms with Gasteiger partial charge in [-0.25, -0.2) is 4.79 Å². The van der Waals surface area contributed by atoms with Crippen molar-refractivity contribution >= 4 is 40.6 Å². The van der Waals surface area contributed by atoms with Gasteiger partial charge in [0.15, 0.2) is 11.5 Å². The number of urea groups is 1. The van der Waals surface area contributed by atoms with Gasteiger partial charge in [-0.3, -0.25) is 14.5 Å². The van der Waals surface area contributed by atoms with Crippen LogP contribution in [0.25, 0.3) is 0 Å². The first-order valence-electron chi connectivity index (χ1n) is 24.5. The predicted octanol–water partition coefficient (Wildman–Crippen LogP) is 12.2. The second kappa shape index (κ2) is 28.8. The molecule has 0 saturated heterocycles. The minimum absolute atomic E-state index is 0.0302. The van der Waals surface area contributed by atoms with Crippen LogP contribution in [0.15, 0.2) is 66.7 Å². The summed E-state index contributed by atoms with van der Waals surface area (Å²) in [4.78, 5) is 46.1. The third-order valence-electron chi connectivity index (χ3n) is 12.2. The van der Waals surface area contributed by atoms with Crippen LogP contribution in [0.2, 0.25) is 0 Å². The highest BCUT2D eigenvalue weighted by Crippen LogP contribution is 2.49. The van der Waals surface area contributed by atoms with Crippen molar-refractivity contribution in [3.05, 3.63) is 72.3 Å². The molecule has 4 amide bonds. The number of nitrogens with one attached hydrogen (secondary N) is 3. The van der Waals surface area contributed by atoms with Crippen LogP contribution in [-0.4, -0.2) is 63.2 Å². The number of carbonyl (C=O) groups excluding carboxylic acids is 3. The summed E-state index contributed by atoms with van der Waals surface area (Å²) in [6.07, 6.45) is 20.3. The molecule has 4 rings (SSSR count). The number of ether oxygens (including phenoxy) is 1. The minimum Gasteiger partial charge on any atom is -0.453 e. The molecule has 0 fully saturated rings. The number of amides is 4. The molecule has 342 valence electrons. The van der Waals surface area contributed by atoms with Crippen molar-refractivity contribution in [2.75, 3.05) is 54.0 Å². The molecule has 0 radical (unpaired) electrons. The van der Waals surface area contributed by atoms with E-state index in [0.29, 0.717) is 37.4 Å². The Labute approximate surface area is 374 Å². The summed E-state index contributed by atoms with van der Waals surface area (Å²) in [5.41, 5.74) is 4.73. The smallest absolute Gasteiger partial charge is 0.326 e. The Hall–Kier alpha value is -4.73. The number of rotatable bonds is 31. The van der Waals surface area contributed by atoms with E-state index >= 15 is 0 Å². The van der Waals surface area contributed by atoms with Gasteiger partial charge >= 0.3 is 6.03 Å². The largest absolute Gasteiger partial charge is 0.453 e. The van der Waals surface area contributed by atoms with Gasteiger partial charge in [-0.2, -0.15) is 0 Å². The number of hydrogen-bond donors (Lipinski definition) is 3. The van der Waals surface area contributed by atoms with Crippen molar-refractivity contribution in [1.82, 2.24) is 16.0 Å². The fourth-order valence-electron chi connectivity index (χ4n) is 8.42. The highest BCUT2D eigenvalue weighted by atomic mass is 16.5. The zero-order valence-electron chi connectivity index (χ0n) is 39.1. The maximum absolute atomic E-state index is 13.8. The first-order valence-corrected chi connectivity index (χ1v) is 24.5. The molecule has 1 aliphatic rings. The predicted molar refractivity (Wildman–Crippen MR) is 259 cm³/mol. The lowest BCUT2D eigenvalue weighted by Crippen LogP contribution is -2.48. The first-order chi connectivity index (χ1) is 30.3.